The smallest absolute Gasteiger partial charge is 0.315 e. The van der Waals surface area contributed by atoms with Crippen LogP contribution in [0.1, 0.15) is 13.8 Å². The zero-order chi connectivity index (χ0) is 21.6. The summed E-state index contributed by atoms with van der Waals surface area (Å²) in [6.45, 7) is 6.80. The maximum Gasteiger partial charge on any atom is 0.315 e. The molecule has 2 saturated heterocycles. The van der Waals surface area contributed by atoms with Gasteiger partial charge in [0.25, 0.3) is 0 Å². The van der Waals surface area contributed by atoms with Crippen LogP contribution in [0.2, 0.25) is 5.02 Å². The largest absolute Gasteiger partial charge is 0.465 e. The Morgan fingerprint density at radius 2 is 2.19 bits per heavy atom. The van der Waals surface area contributed by atoms with Gasteiger partial charge in [-0.2, -0.15) is 10.1 Å². The highest BCUT2D eigenvalue weighted by atomic mass is 35.5. The Morgan fingerprint density at radius 1 is 1.32 bits per heavy atom. The van der Waals surface area contributed by atoms with Crippen molar-refractivity contribution >= 4 is 45.9 Å². The second-order valence-corrected chi connectivity index (χ2v) is 8.89. The topological polar surface area (TPSA) is 108 Å². The number of esters is 1. The zero-order valence-electron chi connectivity index (χ0n) is 17.4. The molecule has 2 aromatic heterocycles. The average molecular weight is 442 g/mol. The van der Waals surface area contributed by atoms with Crippen molar-refractivity contribution in [3.8, 4) is 0 Å². The van der Waals surface area contributed by atoms with Crippen molar-refractivity contribution in [3.05, 3.63) is 35.6 Å². The molecule has 4 heterocycles. The van der Waals surface area contributed by atoms with Crippen LogP contribution in [0.3, 0.4) is 0 Å². The van der Waals surface area contributed by atoms with Gasteiger partial charge in [-0.1, -0.05) is 18.5 Å². The number of carbonyl (C=O) groups excluding carboxylic acids is 1. The number of halogens is 1. The Morgan fingerprint density at radius 3 is 3.03 bits per heavy atom. The minimum absolute atomic E-state index is 0.161. The van der Waals surface area contributed by atoms with E-state index >= 15 is 0 Å². The maximum absolute atomic E-state index is 12.9. The minimum atomic E-state index is -0.619. The third-order valence-electron chi connectivity index (χ3n) is 6.48. The van der Waals surface area contributed by atoms with E-state index in [0.29, 0.717) is 43.0 Å². The maximum atomic E-state index is 12.9. The number of hydrogen-bond donors (Lipinski definition) is 3. The zero-order valence-corrected chi connectivity index (χ0v) is 18.2. The first-order chi connectivity index (χ1) is 14.9. The lowest BCUT2D eigenvalue weighted by Crippen LogP contribution is -2.46. The van der Waals surface area contributed by atoms with E-state index in [9.17, 15) is 4.79 Å². The number of fused-ring (bicyclic) bond motifs is 2. The van der Waals surface area contributed by atoms with Gasteiger partial charge in [-0.15, -0.1) is 0 Å². The lowest BCUT2D eigenvalue weighted by Gasteiger charge is -2.32. The van der Waals surface area contributed by atoms with Crippen LogP contribution in [0.4, 0.5) is 17.5 Å². The number of ether oxygens (including phenoxy) is 1. The summed E-state index contributed by atoms with van der Waals surface area (Å²) in [6, 6.07) is 5.85. The molecule has 0 aliphatic carbocycles. The Kier molecular flexibility index (Phi) is 4.75. The molecule has 0 radical (unpaired) electrons. The second-order valence-electron chi connectivity index (χ2n) is 8.49. The highest BCUT2D eigenvalue weighted by Crippen LogP contribution is 2.50. The van der Waals surface area contributed by atoms with Crippen LogP contribution in [0.25, 0.3) is 10.9 Å². The van der Waals surface area contributed by atoms with E-state index in [4.69, 9.17) is 16.3 Å². The Bertz CT molecular complexity index is 1150. The van der Waals surface area contributed by atoms with E-state index in [0.717, 1.165) is 23.1 Å². The molecule has 0 bridgehead atoms. The molecule has 31 heavy (non-hydrogen) atoms. The molecule has 3 aromatic rings. The first-order valence-electron chi connectivity index (χ1n) is 10.3. The normalized spacial score (nSPS) is 25.1. The van der Waals surface area contributed by atoms with Crippen molar-refractivity contribution in [2.24, 2.45) is 10.8 Å². The Hall–Kier alpha value is -2.91. The number of anilines is 3. The average Bonchev–Trinajstić information content (AvgIpc) is 3.41. The molecule has 10 heteroatoms. The van der Waals surface area contributed by atoms with Crippen molar-refractivity contribution in [1.82, 2.24) is 25.5 Å². The Labute approximate surface area is 184 Å². The van der Waals surface area contributed by atoms with E-state index in [1.807, 2.05) is 25.1 Å². The van der Waals surface area contributed by atoms with E-state index in [-0.39, 0.29) is 11.4 Å². The Balaban J connectivity index is 1.43. The fraction of sp³-hybridized carbons (Fsp3) is 0.429. The number of aromatic nitrogens is 4. The number of H-pyrrole nitrogens is 1. The van der Waals surface area contributed by atoms with Crippen LogP contribution in [-0.2, 0) is 9.53 Å². The number of nitrogens with zero attached hydrogens (tertiary/aromatic N) is 4. The van der Waals surface area contributed by atoms with Crippen molar-refractivity contribution in [2.75, 3.05) is 43.0 Å². The quantitative estimate of drug-likeness (QED) is 0.519. The second kappa shape index (κ2) is 7.35. The summed E-state index contributed by atoms with van der Waals surface area (Å²) in [5.41, 5.74) is 0.918. The SMILES string of the molecule is CCOC(=O)C12CNCC1(C)CN(c1ncc(Cl)c(Nc3ccc4[nH]ncc4c3)n1)C2. The van der Waals surface area contributed by atoms with Crippen LogP contribution in [0.15, 0.2) is 30.6 Å². The number of benzene rings is 1. The molecule has 0 spiro atoms. The van der Waals surface area contributed by atoms with Gasteiger partial charge in [0, 0.05) is 42.7 Å². The molecule has 162 valence electrons. The minimum Gasteiger partial charge on any atom is -0.465 e. The summed E-state index contributed by atoms with van der Waals surface area (Å²) in [5, 5.41) is 15.0. The molecule has 9 nitrogen and oxygen atoms in total. The molecule has 2 fully saturated rings. The monoisotopic (exact) mass is 441 g/mol. The molecule has 1 aromatic carbocycles. The predicted octanol–water partition coefficient (Wildman–Crippen LogP) is 2.73. The van der Waals surface area contributed by atoms with Gasteiger partial charge < -0.3 is 20.3 Å². The molecule has 2 aliphatic heterocycles. The molecular formula is C21H24ClN7O2. The van der Waals surface area contributed by atoms with E-state index in [2.05, 4.69) is 42.6 Å². The summed E-state index contributed by atoms with van der Waals surface area (Å²) in [7, 11) is 0. The lowest BCUT2D eigenvalue weighted by molar-refractivity contribution is -0.157. The summed E-state index contributed by atoms with van der Waals surface area (Å²) in [4.78, 5) is 24.1. The lowest BCUT2D eigenvalue weighted by atomic mass is 9.69. The molecule has 3 N–H and O–H groups in total. The van der Waals surface area contributed by atoms with E-state index in [1.54, 1.807) is 12.4 Å². The van der Waals surface area contributed by atoms with Gasteiger partial charge in [0.05, 0.1) is 24.5 Å². The van der Waals surface area contributed by atoms with Crippen LogP contribution in [0, 0.1) is 10.8 Å². The van der Waals surface area contributed by atoms with Crippen molar-refractivity contribution in [2.45, 2.75) is 13.8 Å². The molecule has 2 unspecified atom stereocenters. The van der Waals surface area contributed by atoms with Crippen LogP contribution < -0.4 is 15.5 Å². The van der Waals surface area contributed by atoms with Gasteiger partial charge in [0.15, 0.2) is 5.82 Å². The van der Waals surface area contributed by atoms with Gasteiger partial charge in [-0.05, 0) is 25.1 Å². The number of hydrogen-bond acceptors (Lipinski definition) is 8. The van der Waals surface area contributed by atoms with Gasteiger partial charge in [0.1, 0.15) is 10.4 Å². The highest BCUT2D eigenvalue weighted by molar-refractivity contribution is 6.32. The number of aromatic amines is 1. The number of nitrogens with one attached hydrogen (secondary N) is 3. The van der Waals surface area contributed by atoms with Crippen molar-refractivity contribution in [3.63, 3.8) is 0 Å². The molecule has 0 saturated carbocycles. The number of rotatable bonds is 5. The third kappa shape index (κ3) is 3.19. The summed E-state index contributed by atoms with van der Waals surface area (Å²) in [5.74, 6) is 0.890. The summed E-state index contributed by atoms with van der Waals surface area (Å²) >= 11 is 6.38. The van der Waals surface area contributed by atoms with Crippen LogP contribution in [-0.4, -0.2) is 58.9 Å². The fourth-order valence-electron chi connectivity index (χ4n) is 4.74. The van der Waals surface area contributed by atoms with E-state index < -0.39 is 5.41 Å². The highest BCUT2D eigenvalue weighted by Gasteiger charge is 2.63. The van der Waals surface area contributed by atoms with Crippen molar-refractivity contribution < 1.29 is 9.53 Å². The molecule has 2 aliphatic rings. The standard InChI is InChI=1S/C21H24ClN7O2/c1-3-31-18(30)21-10-23-9-20(21,2)11-29(12-21)19-24-8-15(22)17(27-19)26-14-4-5-16-13(6-14)7-25-28-16/h4-8,23H,3,9-12H2,1-2H3,(H,25,28)(H,24,26,27). The summed E-state index contributed by atoms with van der Waals surface area (Å²) in [6.07, 6.45) is 3.36. The predicted molar refractivity (Wildman–Crippen MR) is 119 cm³/mol. The van der Waals surface area contributed by atoms with Crippen LogP contribution >= 0.6 is 11.6 Å². The number of carbonyl (C=O) groups is 1. The van der Waals surface area contributed by atoms with E-state index in [1.165, 1.54) is 0 Å². The fourth-order valence-corrected chi connectivity index (χ4v) is 4.88. The van der Waals surface area contributed by atoms with Gasteiger partial charge in [-0.3, -0.25) is 9.89 Å². The molecular weight excluding hydrogens is 418 g/mol. The van der Waals surface area contributed by atoms with Crippen LogP contribution in [0.5, 0.6) is 0 Å². The third-order valence-corrected chi connectivity index (χ3v) is 6.76. The van der Waals surface area contributed by atoms with Gasteiger partial charge in [0.2, 0.25) is 5.95 Å². The first kappa shape index (κ1) is 20.0. The molecule has 2 atom stereocenters. The first-order valence-corrected chi connectivity index (χ1v) is 10.7. The summed E-state index contributed by atoms with van der Waals surface area (Å²) < 4.78 is 5.44. The molecule has 5 rings (SSSR count). The van der Waals surface area contributed by atoms with Gasteiger partial charge in [-0.25, -0.2) is 4.98 Å². The van der Waals surface area contributed by atoms with Gasteiger partial charge >= 0.3 is 5.97 Å². The molecule has 0 amide bonds. The van der Waals surface area contributed by atoms with Crippen molar-refractivity contribution in [1.29, 1.82) is 0 Å².